The summed E-state index contributed by atoms with van der Waals surface area (Å²) >= 11 is 3.44. The Morgan fingerprint density at radius 3 is 2.54 bits per heavy atom. The third kappa shape index (κ3) is 3.71. The highest BCUT2D eigenvalue weighted by atomic mass is 79.9. The van der Waals surface area contributed by atoms with Crippen molar-refractivity contribution in [2.24, 2.45) is 0 Å². The van der Waals surface area contributed by atoms with Gasteiger partial charge in [0.1, 0.15) is 0 Å². The molecule has 0 aliphatic carbocycles. The number of aryl methyl sites for hydroxylation is 2. The van der Waals surface area contributed by atoms with Crippen LogP contribution in [-0.2, 0) is 11.3 Å². The summed E-state index contributed by atoms with van der Waals surface area (Å²) in [6, 6.07) is 13.1. The van der Waals surface area contributed by atoms with Crippen LogP contribution in [0.15, 0.2) is 51.4 Å². The van der Waals surface area contributed by atoms with E-state index >= 15 is 0 Å². The van der Waals surface area contributed by atoms with Crippen LogP contribution in [0.2, 0.25) is 0 Å². The van der Waals surface area contributed by atoms with E-state index in [1.807, 2.05) is 44.2 Å². The lowest BCUT2D eigenvalue weighted by Gasteiger charge is -2.04. The lowest BCUT2D eigenvalue weighted by Crippen LogP contribution is -2.06. The summed E-state index contributed by atoms with van der Waals surface area (Å²) in [4.78, 5) is 12.1. The van der Waals surface area contributed by atoms with E-state index in [9.17, 15) is 4.79 Å². The standard InChI is InChI=1S/C18H15BrN2O3/c1-11-7-12(2)9-13(8-11)18(22)23-10-16-20-21-17(24-16)14-5-3-4-6-15(14)19/h3-9H,10H2,1-2H3. The summed E-state index contributed by atoms with van der Waals surface area (Å²) in [6.07, 6.45) is 0. The second-order valence-corrected chi connectivity index (χ2v) is 6.29. The number of esters is 1. The van der Waals surface area contributed by atoms with Crippen molar-refractivity contribution in [3.05, 3.63) is 69.5 Å². The zero-order valence-electron chi connectivity index (χ0n) is 13.2. The maximum absolute atomic E-state index is 12.1. The van der Waals surface area contributed by atoms with Crippen molar-refractivity contribution >= 4 is 21.9 Å². The van der Waals surface area contributed by atoms with E-state index in [2.05, 4.69) is 26.1 Å². The smallest absolute Gasteiger partial charge is 0.338 e. The molecule has 1 heterocycles. The van der Waals surface area contributed by atoms with Crippen LogP contribution in [0.5, 0.6) is 0 Å². The quantitative estimate of drug-likeness (QED) is 0.618. The molecule has 0 bridgehead atoms. The Labute approximate surface area is 147 Å². The third-order valence-electron chi connectivity index (χ3n) is 3.36. The lowest BCUT2D eigenvalue weighted by atomic mass is 10.1. The van der Waals surface area contributed by atoms with Gasteiger partial charge in [-0.3, -0.25) is 0 Å². The number of carbonyl (C=O) groups excluding carboxylic acids is 1. The fourth-order valence-electron chi connectivity index (χ4n) is 2.36. The van der Waals surface area contributed by atoms with E-state index < -0.39 is 5.97 Å². The highest BCUT2D eigenvalue weighted by molar-refractivity contribution is 9.10. The monoisotopic (exact) mass is 386 g/mol. The number of ether oxygens (including phenoxy) is 1. The predicted molar refractivity (Wildman–Crippen MR) is 92.5 cm³/mol. The van der Waals surface area contributed by atoms with Gasteiger partial charge in [0.25, 0.3) is 5.89 Å². The van der Waals surface area contributed by atoms with Crippen LogP contribution in [-0.4, -0.2) is 16.2 Å². The van der Waals surface area contributed by atoms with Crippen molar-refractivity contribution in [3.8, 4) is 11.5 Å². The Morgan fingerprint density at radius 1 is 1.12 bits per heavy atom. The molecule has 0 aliphatic rings. The average molecular weight is 387 g/mol. The molecule has 3 rings (SSSR count). The zero-order valence-corrected chi connectivity index (χ0v) is 14.8. The Morgan fingerprint density at radius 2 is 1.83 bits per heavy atom. The molecule has 0 atom stereocenters. The molecule has 6 heteroatoms. The van der Waals surface area contributed by atoms with Crippen LogP contribution in [0.25, 0.3) is 11.5 Å². The number of rotatable bonds is 4. The molecule has 2 aromatic carbocycles. The molecular formula is C18H15BrN2O3. The predicted octanol–water partition coefficient (Wildman–Crippen LogP) is 4.47. The van der Waals surface area contributed by atoms with Crippen LogP contribution in [0.1, 0.15) is 27.4 Å². The van der Waals surface area contributed by atoms with Crippen molar-refractivity contribution in [3.63, 3.8) is 0 Å². The Hall–Kier alpha value is -2.47. The summed E-state index contributed by atoms with van der Waals surface area (Å²) in [5, 5.41) is 7.91. The highest BCUT2D eigenvalue weighted by Crippen LogP contribution is 2.26. The highest BCUT2D eigenvalue weighted by Gasteiger charge is 2.14. The molecule has 0 aliphatic heterocycles. The number of nitrogens with zero attached hydrogens (tertiary/aromatic N) is 2. The Kier molecular flexibility index (Phi) is 4.76. The largest absolute Gasteiger partial charge is 0.452 e. The van der Waals surface area contributed by atoms with Gasteiger partial charge in [0.05, 0.1) is 11.1 Å². The van der Waals surface area contributed by atoms with Gasteiger partial charge in [0, 0.05) is 4.47 Å². The van der Waals surface area contributed by atoms with Crippen molar-refractivity contribution in [1.82, 2.24) is 10.2 Å². The zero-order chi connectivity index (χ0) is 17.1. The SMILES string of the molecule is Cc1cc(C)cc(C(=O)OCc2nnc(-c3ccccc3Br)o2)c1. The van der Waals surface area contributed by atoms with E-state index in [0.29, 0.717) is 11.5 Å². The number of carbonyl (C=O) groups is 1. The maximum atomic E-state index is 12.1. The average Bonchev–Trinajstić information content (AvgIpc) is 3.01. The number of benzene rings is 2. The first-order valence-electron chi connectivity index (χ1n) is 7.35. The van der Waals surface area contributed by atoms with Crippen LogP contribution in [0.3, 0.4) is 0 Å². The van der Waals surface area contributed by atoms with Crippen molar-refractivity contribution in [2.45, 2.75) is 20.5 Å². The van der Waals surface area contributed by atoms with Gasteiger partial charge in [-0.15, -0.1) is 10.2 Å². The van der Waals surface area contributed by atoms with Crippen LogP contribution < -0.4 is 0 Å². The first-order valence-corrected chi connectivity index (χ1v) is 8.15. The fraction of sp³-hybridized carbons (Fsp3) is 0.167. The molecule has 0 unspecified atom stereocenters. The number of aromatic nitrogens is 2. The first kappa shape index (κ1) is 16.4. The number of hydrogen-bond donors (Lipinski definition) is 0. The van der Waals surface area contributed by atoms with Crippen molar-refractivity contribution in [2.75, 3.05) is 0 Å². The van der Waals surface area contributed by atoms with Gasteiger partial charge in [-0.1, -0.05) is 29.3 Å². The summed E-state index contributed by atoms with van der Waals surface area (Å²) in [5.41, 5.74) is 3.32. The molecule has 122 valence electrons. The number of hydrogen-bond acceptors (Lipinski definition) is 5. The molecule has 0 N–H and O–H groups in total. The fourth-order valence-corrected chi connectivity index (χ4v) is 2.81. The molecule has 3 aromatic rings. The number of halogens is 1. The minimum Gasteiger partial charge on any atom is -0.452 e. The summed E-state index contributed by atoms with van der Waals surface area (Å²) in [5.74, 6) is 0.209. The van der Waals surface area contributed by atoms with Gasteiger partial charge in [0.2, 0.25) is 5.89 Å². The molecule has 0 saturated carbocycles. The molecule has 0 saturated heterocycles. The summed E-state index contributed by atoms with van der Waals surface area (Å²) in [7, 11) is 0. The summed E-state index contributed by atoms with van der Waals surface area (Å²) in [6.45, 7) is 3.81. The van der Waals surface area contributed by atoms with Gasteiger partial charge in [-0.05, 0) is 54.0 Å². The van der Waals surface area contributed by atoms with E-state index in [0.717, 1.165) is 21.2 Å². The molecule has 0 fully saturated rings. The maximum Gasteiger partial charge on any atom is 0.338 e. The molecule has 24 heavy (non-hydrogen) atoms. The van der Waals surface area contributed by atoms with Gasteiger partial charge < -0.3 is 9.15 Å². The van der Waals surface area contributed by atoms with Gasteiger partial charge in [0.15, 0.2) is 6.61 Å². The molecule has 0 spiro atoms. The van der Waals surface area contributed by atoms with Crippen molar-refractivity contribution in [1.29, 1.82) is 0 Å². The van der Waals surface area contributed by atoms with Gasteiger partial charge in [-0.2, -0.15) is 0 Å². The van der Waals surface area contributed by atoms with E-state index in [1.165, 1.54) is 0 Å². The molecule has 0 radical (unpaired) electrons. The van der Waals surface area contributed by atoms with E-state index in [4.69, 9.17) is 9.15 Å². The summed E-state index contributed by atoms with van der Waals surface area (Å²) < 4.78 is 11.7. The Balaban J connectivity index is 1.69. The minimum absolute atomic E-state index is 0.0662. The van der Waals surface area contributed by atoms with Crippen LogP contribution in [0.4, 0.5) is 0 Å². The first-order chi connectivity index (χ1) is 11.5. The van der Waals surface area contributed by atoms with E-state index in [-0.39, 0.29) is 12.5 Å². The van der Waals surface area contributed by atoms with Gasteiger partial charge in [-0.25, -0.2) is 4.79 Å². The van der Waals surface area contributed by atoms with Gasteiger partial charge >= 0.3 is 5.97 Å². The second-order valence-electron chi connectivity index (χ2n) is 5.43. The topological polar surface area (TPSA) is 65.2 Å². The van der Waals surface area contributed by atoms with Crippen LogP contribution in [0, 0.1) is 13.8 Å². The second kappa shape index (κ2) is 6.97. The van der Waals surface area contributed by atoms with Crippen LogP contribution >= 0.6 is 15.9 Å². The Bertz CT molecular complexity index is 869. The lowest BCUT2D eigenvalue weighted by molar-refractivity contribution is 0.0438. The molecular weight excluding hydrogens is 372 g/mol. The molecule has 5 nitrogen and oxygen atoms in total. The van der Waals surface area contributed by atoms with E-state index in [1.54, 1.807) is 12.1 Å². The minimum atomic E-state index is -0.414. The molecule has 1 aromatic heterocycles. The third-order valence-corrected chi connectivity index (χ3v) is 4.05. The van der Waals surface area contributed by atoms with Crippen molar-refractivity contribution < 1.29 is 13.9 Å². The molecule has 0 amide bonds. The normalized spacial score (nSPS) is 10.6.